The number of rotatable bonds is 2. The van der Waals surface area contributed by atoms with Crippen molar-refractivity contribution in [3.8, 4) is 0 Å². The molecule has 1 aliphatic rings. The van der Waals surface area contributed by atoms with Gasteiger partial charge in [0.25, 0.3) is 0 Å². The van der Waals surface area contributed by atoms with Crippen molar-refractivity contribution in [1.29, 1.82) is 0 Å². The van der Waals surface area contributed by atoms with Crippen LogP contribution in [0, 0.1) is 10.8 Å². The van der Waals surface area contributed by atoms with E-state index in [0.29, 0.717) is 0 Å². The maximum absolute atomic E-state index is 10.9. The molecule has 0 saturated heterocycles. The van der Waals surface area contributed by atoms with E-state index in [4.69, 9.17) is 0 Å². The van der Waals surface area contributed by atoms with Gasteiger partial charge < -0.3 is 19.8 Å². The Hall–Kier alpha value is -0.697. The third-order valence-electron chi connectivity index (χ3n) is 3.44. The van der Waals surface area contributed by atoms with Crippen LogP contribution < -0.4 is 10.2 Å². The Labute approximate surface area is 101 Å². The number of aliphatic carboxylic acids is 2. The Kier molecular flexibility index (Phi) is 3.86. The van der Waals surface area contributed by atoms with Crippen molar-refractivity contribution in [3.63, 3.8) is 0 Å². The number of carbonyl (C=O) groups excluding carboxylic acids is 2. The van der Waals surface area contributed by atoms with Crippen LogP contribution in [0.2, 0.25) is 0 Å². The van der Waals surface area contributed by atoms with Crippen LogP contribution in [0.4, 0.5) is 0 Å². The molecule has 0 radical (unpaired) electrons. The van der Waals surface area contributed by atoms with Gasteiger partial charge in [-0.05, 0) is 12.0 Å². The maximum Gasteiger partial charge on any atom is 2.00 e. The predicted molar refractivity (Wildman–Crippen MR) is 44.6 cm³/mol. The first kappa shape index (κ1) is 14.3. The first-order chi connectivity index (χ1) is 6.23. The SMILES string of the molecule is CC1(C)C(C(=O)[O-])=CC[C@@]1(C)C(=O)[O-].[Zn+2]. The van der Waals surface area contributed by atoms with Crippen molar-refractivity contribution in [3.05, 3.63) is 11.6 Å². The van der Waals surface area contributed by atoms with Gasteiger partial charge in [0.05, 0.1) is 5.97 Å². The van der Waals surface area contributed by atoms with Gasteiger partial charge in [0, 0.05) is 16.8 Å². The second kappa shape index (κ2) is 4.05. The molecule has 4 nitrogen and oxygen atoms in total. The van der Waals surface area contributed by atoms with Crippen LogP contribution in [0.3, 0.4) is 0 Å². The smallest absolute Gasteiger partial charge is 0.550 e. The van der Waals surface area contributed by atoms with E-state index in [0.717, 1.165) is 0 Å². The van der Waals surface area contributed by atoms with E-state index in [1.54, 1.807) is 13.8 Å². The van der Waals surface area contributed by atoms with Gasteiger partial charge >= 0.3 is 19.5 Å². The molecular formula is C10H12O4Zn. The summed E-state index contributed by atoms with van der Waals surface area (Å²) < 4.78 is 0. The Morgan fingerprint density at radius 2 is 1.73 bits per heavy atom. The predicted octanol–water partition coefficient (Wildman–Crippen LogP) is -1.15. The summed E-state index contributed by atoms with van der Waals surface area (Å²) in [6.45, 7) is 4.66. The van der Waals surface area contributed by atoms with Crippen LogP contribution in [-0.2, 0) is 29.1 Å². The van der Waals surface area contributed by atoms with Crippen LogP contribution in [0.5, 0.6) is 0 Å². The van der Waals surface area contributed by atoms with E-state index in [1.807, 2.05) is 0 Å². The first-order valence-electron chi connectivity index (χ1n) is 4.37. The second-order valence-electron chi connectivity index (χ2n) is 4.35. The van der Waals surface area contributed by atoms with E-state index in [-0.39, 0.29) is 31.5 Å². The molecule has 0 aromatic carbocycles. The minimum atomic E-state index is -1.31. The Morgan fingerprint density at radius 1 is 1.27 bits per heavy atom. The molecule has 0 spiro atoms. The van der Waals surface area contributed by atoms with Crippen molar-refractivity contribution in [2.45, 2.75) is 27.2 Å². The van der Waals surface area contributed by atoms with E-state index in [2.05, 4.69) is 0 Å². The van der Waals surface area contributed by atoms with Crippen molar-refractivity contribution in [1.82, 2.24) is 0 Å². The molecule has 0 N–H and O–H groups in total. The summed E-state index contributed by atoms with van der Waals surface area (Å²) in [5.41, 5.74) is -2.07. The van der Waals surface area contributed by atoms with Crippen molar-refractivity contribution >= 4 is 11.9 Å². The molecule has 0 amide bonds. The van der Waals surface area contributed by atoms with Crippen LogP contribution in [0.1, 0.15) is 27.2 Å². The van der Waals surface area contributed by atoms with Crippen molar-refractivity contribution < 1.29 is 39.3 Å². The van der Waals surface area contributed by atoms with Gasteiger partial charge in [-0.3, -0.25) is 0 Å². The molecule has 0 aromatic heterocycles. The summed E-state index contributed by atoms with van der Waals surface area (Å²) in [6, 6.07) is 0. The second-order valence-corrected chi connectivity index (χ2v) is 4.35. The average molecular weight is 262 g/mol. The minimum absolute atomic E-state index is 0. The van der Waals surface area contributed by atoms with Crippen molar-refractivity contribution in [2.75, 3.05) is 0 Å². The van der Waals surface area contributed by atoms with Gasteiger partial charge in [-0.1, -0.05) is 26.8 Å². The third kappa shape index (κ3) is 1.85. The van der Waals surface area contributed by atoms with Gasteiger partial charge in [-0.25, -0.2) is 0 Å². The fraction of sp³-hybridized carbons (Fsp3) is 0.600. The van der Waals surface area contributed by atoms with E-state index in [1.165, 1.54) is 13.0 Å². The standard InChI is InChI=1S/C10H14O4.Zn/c1-9(2)6(7(11)12)4-5-10(9,3)8(13)14;/h4H,5H2,1-3H3,(H,11,12)(H,13,14);/q;+2/p-2/t10-;/m0./s1. The van der Waals surface area contributed by atoms with Crippen LogP contribution in [0.25, 0.3) is 0 Å². The van der Waals surface area contributed by atoms with Crippen LogP contribution >= 0.6 is 0 Å². The summed E-state index contributed by atoms with van der Waals surface area (Å²) in [5.74, 6) is -2.53. The number of carboxylic acid groups (broad SMARTS) is 2. The Balaban J connectivity index is 0.00000196. The molecule has 0 bridgehead atoms. The molecule has 0 fully saturated rings. The summed E-state index contributed by atoms with van der Waals surface area (Å²) in [5, 5.41) is 21.7. The van der Waals surface area contributed by atoms with E-state index >= 15 is 0 Å². The third-order valence-corrected chi connectivity index (χ3v) is 3.44. The van der Waals surface area contributed by atoms with Crippen LogP contribution in [-0.4, -0.2) is 11.9 Å². The number of carboxylic acids is 2. The maximum atomic E-state index is 10.9. The quantitative estimate of drug-likeness (QED) is 0.588. The van der Waals surface area contributed by atoms with Gasteiger partial charge in [0.15, 0.2) is 0 Å². The number of allylic oxidation sites excluding steroid dienone is 1. The van der Waals surface area contributed by atoms with Crippen LogP contribution in [0.15, 0.2) is 11.6 Å². The van der Waals surface area contributed by atoms with Gasteiger partial charge in [-0.2, -0.15) is 0 Å². The van der Waals surface area contributed by atoms with E-state index in [9.17, 15) is 19.8 Å². The fourth-order valence-electron chi connectivity index (χ4n) is 1.79. The molecule has 1 aliphatic carbocycles. The Morgan fingerprint density at radius 3 is 1.93 bits per heavy atom. The zero-order valence-electron chi connectivity index (χ0n) is 9.12. The topological polar surface area (TPSA) is 80.3 Å². The number of carbonyl (C=O) groups is 2. The molecule has 0 heterocycles. The molecule has 0 saturated carbocycles. The molecule has 5 heteroatoms. The molecule has 15 heavy (non-hydrogen) atoms. The molecule has 0 aliphatic heterocycles. The number of hydrogen-bond acceptors (Lipinski definition) is 4. The summed E-state index contributed by atoms with van der Waals surface area (Å²) in [6.07, 6.45) is 1.58. The average Bonchev–Trinajstić information content (AvgIpc) is 2.24. The van der Waals surface area contributed by atoms with Gasteiger partial charge in [0.1, 0.15) is 0 Å². The molecule has 1 atom stereocenters. The minimum Gasteiger partial charge on any atom is -0.550 e. The molecular weight excluding hydrogens is 249 g/mol. The monoisotopic (exact) mass is 260 g/mol. The van der Waals surface area contributed by atoms with Gasteiger partial charge in [0.2, 0.25) is 0 Å². The normalized spacial score (nSPS) is 27.8. The molecule has 1 rings (SSSR count). The summed E-state index contributed by atoms with van der Waals surface area (Å²) in [4.78, 5) is 21.7. The molecule has 0 unspecified atom stereocenters. The number of hydrogen-bond donors (Lipinski definition) is 0. The van der Waals surface area contributed by atoms with Crippen molar-refractivity contribution in [2.24, 2.45) is 10.8 Å². The Bertz CT molecular complexity index is 332. The van der Waals surface area contributed by atoms with E-state index < -0.39 is 22.8 Å². The zero-order valence-corrected chi connectivity index (χ0v) is 12.1. The largest absolute Gasteiger partial charge is 2.00 e. The first-order valence-corrected chi connectivity index (χ1v) is 4.37. The summed E-state index contributed by atoms with van der Waals surface area (Å²) in [7, 11) is 0. The fourth-order valence-corrected chi connectivity index (χ4v) is 1.79. The van der Waals surface area contributed by atoms with Gasteiger partial charge in [-0.15, -0.1) is 0 Å². The molecule has 78 valence electrons. The molecule has 0 aromatic rings. The zero-order chi connectivity index (χ0) is 11.1. The summed E-state index contributed by atoms with van der Waals surface area (Å²) >= 11 is 0.